The Morgan fingerprint density at radius 2 is 2.05 bits per heavy atom. The van der Waals surface area contributed by atoms with Crippen LogP contribution in [0.3, 0.4) is 0 Å². The van der Waals surface area contributed by atoms with Gasteiger partial charge in [0.25, 0.3) is 0 Å². The van der Waals surface area contributed by atoms with E-state index in [2.05, 4.69) is 47.4 Å². The predicted octanol–water partition coefficient (Wildman–Crippen LogP) is 3.92. The molecule has 2 rings (SSSR count). The first-order valence-electron chi connectivity index (χ1n) is 6.57. The highest BCUT2D eigenvalue weighted by molar-refractivity contribution is 7.71. The van der Waals surface area contributed by atoms with Gasteiger partial charge in [-0.3, -0.25) is 9.67 Å². The molecule has 0 bridgehead atoms. The number of hydrogen-bond acceptors (Lipinski definition) is 4. The molecule has 6 heteroatoms. The van der Waals surface area contributed by atoms with E-state index in [0.717, 1.165) is 28.7 Å². The van der Waals surface area contributed by atoms with Gasteiger partial charge in [-0.25, -0.2) is 4.98 Å². The summed E-state index contributed by atoms with van der Waals surface area (Å²) in [6.07, 6.45) is 2.92. The molecule has 2 aromatic heterocycles. The van der Waals surface area contributed by atoms with Gasteiger partial charge in [-0.1, -0.05) is 27.7 Å². The summed E-state index contributed by atoms with van der Waals surface area (Å²) in [4.78, 5) is 5.57. The van der Waals surface area contributed by atoms with Gasteiger partial charge in [0.15, 0.2) is 10.6 Å². The van der Waals surface area contributed by atoms with Gasteiger partial charge in [-0.15, -0.1) is 11.3 Å². The molecule has 1 N–H and O–H groups in total. The van der Waals surface area contributed by atoms with E-state index in [1.165, 1.54) is 0 Å². The minimum atomic E-state index is 0.533. The summed E-state index contributed by atoms with van der Waals surface area (Å²) in [6, 6.07) is 0. The molecular formula is C13H20N4S2. The lowest BCUT2D eigenvalue weighted by molar-refractivity contribution is 0.522. The number of hydrogen-bond donors (Lipinski definition) is 1. The number of nitrogens with zero attached hydrogens (tertiary/aromatic N) is 3. The van der Waals surface area contributed by atoms with Crippen molar-refractivity contribution in [3.05, 3.63) is 16.0 Å². The molecule has 19 heavy (non-hydrogen) atoms. The lowest BCUT2D eigenvalue weighted by Gasteiger charge is -2.07. The standard InChI is InChI=1S/C13H20N4S2/c1-8(2)5-11-14-6-10(19-11)12-15-16-13(18)17(12)7-9(3)4/h6,8-9H,5,7H2,1-4H3,(H,16,18). The van der Waals surface area contributed by atoms with Crippen LogP contribution in [0.25, 0.3) is 10.7 Å². The third-order valence-electron chi connectivity index (χ3n) is 2.66. The fourth-order valence-electron chi connectivity index (χ4n) is 1.90. The van der Waals surface area contributed by atoms with E-state index in [1.54, 1.807) is 11.3 Å². The van der Waals surface area contributed by atoms with Gasteiger partial charge in [0, 0.05) is 19.2 Å². The first-order chi connectivity index (χ1) is 8.97. The second-order valence-electron chi connectivity index (χ2n) is 5.57. The third kappa shape index (κ3) is 3.51. The van der Waals surface area contributed by atoms with Gasteiger partial charge in [0.1, 0.15) is 0 Å². The van der Waals surface area contributed by atoms with E-state index in [0.29, 0.717) is 16.6 Å². The maximum Gasteiger partial charge on any atom is 0.195 e. The number of nitrogens with one attached hydrogen (secondary N) is 1. The molecule has 0 aromatic carbocycles. The van der Waals surface area contributed by atoms with E-state index < -0.39 is 0 Å². The van der Waals surface area contributed by atoms with Crippen LogP contribution in [0.1, 0.15) is 32.7 Å². The van der Waals surface area contributed by atoms with E-state index >= 15 is 0 Å². The third-order valence-corrected chi connectivity index (χ3v) is 3.99. The molecule has 0 fully saturated rings. The molecule has 4 nitrogen and oxygen atoms in total. The van der Waals surface area contributed by atoms with Crippen LogP contribution in [0.4, 0.5) is 0 Å². The highest BCUT2D eigenvalue weighted by atomic mass is 32.1. The summed E-state index contributed by atoms with van der Waals surface area (Å²) in [7, 11) is 0. The smallest absolute Gasteiger partial charge is 0.195 e. The van der Waals surface area contributed by atoms with Crippen molar-refractivity contribution in [1.82, 2.24) is 19.7 Å². The predicted molar refractivity (Wildman–Crippen MR) is 81.9 cm³/mol. The van der Waals surface area contributed by atoms with Crippen LogP contribution in [0.2, 0.25) is 0 Å². The van der Waals surface area contributed by atoms with Crippen LogP contribution in [0.15, 0.2) is 6.20 Å². The molecule has 0 radical (unpaired) electrons. The molecule has 0 aliphatic heterocycles. The van der Waals surface area contributed by atoms with Crippen LogP contribution in [-0.2, 0) is 13.0 Å². The number of thiazole rings is 1. The van der Waals surface area contributed by atoms with Gasteiger partial charge in [0.05, 0.1) is 9.88 Å². The van der Waals surface area contributed by atoms with Crippen molar-refractivity contribution in [3.8, 4) is 10.7 Å². The van der Waals surface area contributed by atoms with Crippen molar-refractivity contribution in [2.24, 2.45) is 11.8 Å². The summed E-state index contributed by atoms with van der Waals surface area (Å²) in [6.45, 7) is 9.64. The van der Waals surface area contributed by atoms with Crippen molar-refractivity contribution in [2.45, 2.75) is 40.7 Å². The van der Waals surface area contributed by atoms with Crippen LogP contribution in [0, 0.1) is 16.6 Å². The topological polar surface area (TPSA) is 46.5 Å². The Bertz CT molecular complexity index is 592. The molecule has 0 aliphatic rings. The van der Waals surface area contributed by atoms with E-state index in [4.69, 9.17) is 12.2 Å². The highest BCUT2D eigenvalue weighted by Crippen LogP contribution is 2.26. The summed E-state index contributed by atoms with van der Waals surface area (Å²) in [5.74, 6) is 2.06. The first-order valence-corrected chi connectivity index (χ1v) is 7.80. The van der Waals surface area contributed by atoms with E-state index in [-0.39, 0.29) is 0 Å². The molecule has 0 spiro atoms. The van der Waals surface area contributed by atoms with Gasteiger partial charge in [0.2, 0.25) is 0 Å². The normalized spacial score (nSPS) is 11.7. The monoisotopic (exact) mass is 296 g/mol. The lowest BCUT2D eigenvalue weighted by atomic mass is 10.1. The van der Waals surface area contributed by atoms with E-state index in [9.17, 15) is 0 Å². The van der Waals surface area contributed by atoms with Crippen molar-refractivity contribution in [1.29, 1.82) is 0 Å². The van der Waals surface area contributed by atoms with Gasteiger partial charge >= 0.3 is 0 Å². The minimum absolute atomic E-state index is 0.533. The summed E-state index contributed by atoms with van der Waals surface area (Å²) < 4.78 is 2.75. The Morgan fingerprint density at radius 3 is 2.68 bits per heavy atom. The number of rotatable bonds is 5. The SMILES string of the molecule is CC(C)Cc1ncc(-c2n[nH]c(=S)n2CC(C)C)s1. The Hall–Kier alpha value is -1.01. The molecule has 0 saturated carbocycles. The van der Waals surface area contributed by atoms with Gasteiger partial charge < -0.3 is 0 Å². The number of H-pyrrole nitrogens is 1. The fraction of sp³-hybridized carbons (Fsp3) is 0.615. The largest absolute Gasteiger partial charge is 0.299 e. The minimum Gasteiger partial charge on any atom is -0.299 e. The van der Waals surface area contributed by atoms with Crippen LogP contribution in [-0.4, -0.2) is 19.7 Å². The van der Waals surface area contributed by atoms with Crippen LogP contribution in [0.5, 0.6) is 0 Å². The van der Waals surface area contributed by atoms with Crippen molar-refractivity contribution in [2.75, 3.05) is 0 Å². The molecule has 0 atom stereocenters. The van der Waals surface area contributed by atoms with Gasteiger partial charge in [-0.2, -0.15) is 5.10 Å². The number of aromatic amines is 1. The van der Waals surface area contributed by atoms with Crippen LogP contribution < -0.4 is 0 Å². The van der Waals surface area contributed by atoms with Crippen molar-refractivity contribution in [3.63, 3.8) is 0 Å². The molecule has 2 aromatic rings. The molecule has 0 saturated heterocycles. The average molecular weight is 296 g/mol. The summed E-state index contributed by atoms with van der Waals surface area (Å²) >= 11 is 7.01. The Morgan fingerprint density at radius 1 is 1.32 bits per heavy atom. The van der Waals surface area contributed by atoms with E-state index in [1.807, 2.05) is 6.20 Å². The summed E-state index contributed by atoms with van der Waals surface area (Å²) in [5, 5.41) is 8.40. The Kier molecular flexibility index (Phi) is 4.52. The number of aromatic nitrogens is 4. The molecule has 0 amide bonds. The second-order valence-corrected chi connectivity index (χ2v) is 7.07. The molecular weight excluding hydrogens is 276 g/mol. The Labute approximate surface area is 122 Å². The quantitative estimate of drug-likeness (QED) is 0.851. The highest BCUT2D eigenvalue weighted by Gasteiger charge is 2.13. The maximum atomic E-state index is 5.30. The van der Waals surface area contributed by atoms with Crippen molar-refractivity contribution < 1.29 is 0 Å². The first kappa shape index (κ1) is 14.4. The molecule has 0 aliphatic carbocycles. The zero-order valence-corrected chi connectivity index (χ0v) is 13.4. The molecule has 2 heterocycles. The second kappa shape index (κ2) is 5.96. The fourth-order valence-corrected chi connectivity index (χ4v) is 3.23. The lowest BCUT2D eigenvalue weighted by Crippen LogP contribution is -2.05. The van der Waals surface area contributed by atoms with Gasteiger partial charge in [-0.05, 0) is 24.1 Å². The average Bonchev–Trinajstić information content (AvgIpc) is 2.86. The zero-order chi connectivity index (χ0) is 14.0. The molecule has 0 unspecified atom stereocenters. The van der Waals surface area contributed by atoms with Crippen molar-refractivity contribution >= 4 is 23.6 Å². The maximum absolute atomic E-state index is 5.30. The molecule has 104 valence electrons. The summed E-state index contributed by atoms with van der Waals surface area (Å²) in [5.41, 5.74) is 0. The van der Waals surface area contributed by atoms with Crippen LogP contribution >= 0.6 is 23.6 Å². The Balaban J connectivity index is 2.31. The zero-order valence-electron chi connectivity index (χ0n) is 11.8.